The van der Waals surface area contributed by atoms with Crippen molar-refractivity contribution in [2.45, 2.75) is 33.4 Å². The summed E-state index contributed by atoms with van der Waals surface area (Å²) in [4.78, 5) is 27.1. The van der Waals surface area contributed by atoms with Gasteiger partial charge in [0.1, 0.15) is 23.3 Å². The third kappa shape index (κ3) is 4.30. The number of fused-ring (bicyclic) bond motifs is 3. The maximum absolute atomic E-state index is 14.9. The predicted octanol–water partition coefficient (Wildman–Crippen LogP) is 6.22. The molecular formula is C31H29F2N5O. The van der Waals surface area contributed by atoms with Crippen LogP contribution in [0.2, 0.25) is 0 Å². The lowest BCUT2D eigenvalue weighted by molar-refractivity contribution is 0.0841. The van der Waals surface area contributed by atoms with Gasteiger partial charge in [0.15, 0.2) is 5.69 Å². The highest BCUT2D eigenvalue weighted by molar-refractivity contribution is 6.18. The summed E-state index contributed by atoms with van der Waals surface area (Å²) in [5, 5.41) is 0. The third-order valence-corrected chi connectivity index (χ3v) is 7.46. The summed E-state index contributed by atoms with van der Waals surface area (Å²) >= 11 is 0. The minimum atomic E-state index is -0.643. The number of hydrogen-bond donors (Lipinski definition) is 0. The van der Waals surface area contributed by atoms with Crippen molar-refractivity contribution in [3.8, 4) is 22.5 Å². The van der Waals surface area contributed by atoms with Gasteiger partial charge in [-0.15, -0.1) is 0 Å². The van der Waals surface area contributed by atoms with Crippen LogP contribution in [-0.4, -0.2) is 45.4 Å². The highest BCUT2D eigenvalue weighted by Crippen LogP contribution is 2.38. The van der Waals surface area contributed by atoms with E-state index in [0.29, 0.717) is 41.9 Å². The molecule has 4 aromatic rings. The van der Waals surface area contributed by atoms with Crippen molar-refractivity contribution in [3.63, 3.8) is 0 Å². The van der Waals surface area contributed by atoms with Crippen LogP contribution < -0.4 is 4.90 Å². The van der Waals surface area contributed by atoms with Crippen LogP contribution in [-0.2, 0) is 6.54 Å². The second-order valence-corrected chi connectivity index (χ2v) is 10.3. The van der Waals surface area contributed by atoms with Crippen molar-refractivity contribution >= 4 is 17.7 Å². The van der Waals surface area contributed by atoms with E-state index in [-0.39, 0.29) is 24.4 Å². The number of nitrogens with zero attached hydrogens (tertiary/aromatic N) is 5. The molecule has 6 rings (SSSR count). The monoisotopic (exact) mass is 525 g/mol. The van der Waals surface area contributed by atoms with Crippen LogP contribution >= 0.6 is 0 Å². The van der Waals surface area contributed by atoms with Crippen LogP contribution in [0.15, 0.2) is 77.8 Å². The van der Waals surface area contributed by atoms with Gasteiger partial charge in [-0.05, 0) is 30.0 Å². The van der Waals surface area contributed by atoms with Crippen molar-refractivity contribution in [3.05, 3.63) is 95.7 Å². The summed E-state index contributed by atoms with van der Waals surface area (Å²) in [5.41, 5.74) is 3.55. The van der Waals surface area contributed by atoms with E-state index in [9.17, 15) is 13.6 Å². The number of halogens is 2. The van der Waals surface area contributed by atoms with E-state index >= 15 is 0 Å². The minimum Gasteiger partial charge on any atom is -0.305 e. The Morgan fingerprint density at radius 3 is 2.31 bits per heavy atom. The number of carbonyl (C=O) groups is 1. The standard InChI is InChI=1S/C31H29F2N5O/c1-4-36-30(39)27-29(38-18-26(19(2)3)34-31(36)38)37(17-23-14-15-24(32)16-25(23)33)28(35-27)22-12-10-21(11-13-22)20-8-6-5-7-9-20/h5-16,19,26H,4,17-18H2,1-3H3/t26-/m0/s1. The average molecular weight is 526 g/mol. The van der Waals surface area contributed by atoms with Gasteiger partial charge in [0.25, 0.3) is 5.91 Å². The zero-order valence-corrected chi connectivity index (χ0v) is 22.1. The average Bonchev–Trinajstić information content (AvgIpc) is 3.54. The highest BCUT2D eigenvalue weighted by Gasteiger charge is 2.44. The SMILES string of the molecule is CCN1C(=O)c2nc(-c3ccc(-c4ccccc4)cc3)n(Cc3ccc(F)cc3F)c2N2C[C@@H](C(C)C)N=C12. The molecule has 0 unspecified atom stereocenters. The molecule has 1 aromatic heterocycles. The molecule has 0 radical (unpaired) electrons. The molecule has 39 heavy (non-hydrogen) atoms. The number of imidazole rings is 1. The Kier molecular flexibility index (Phi) is 6.25. The summed E-state index contributed by atoms with van der Waals surface area (Å²) in [6, 6.07) is 21.6. The molecular weight excluding hydrogens is 496 g/mol. The fourth-order valence-electron chi connectivity index (χ4n) is 5.28. The summed E-state index contributed by atoms with van der Waals surface area (Å²) in [6.07, 6.45) is 0. The number of benzene rings is 3. The lowest BCUT2D eigenvalue weighted by Crippen LogP contribution is -2.50. The molecule has 0 saturated heterocycles. The third-order valence-electron chi connectivity index (χ3n) is 7.46. The molecule has 3 aromatic carbocycles. The van der Waals surface area contributed by atoms with Crippen LogP contribution in [0.4, 0.5) is 14.6 Å². The first-order valence-electron chi connectivity index (χ1n) is 13.2. The molecule has 2 aliphatic rings. The fourth-order valence-corrected chi connectivity index (χ4v) is 5.28. The number of carbonyl (C=O) groups excluding carboxylic acids is 1. The van der Waals surface area contributed by atoms with Crippen LogP contribution in [0.25, 0.3) is 22.5 Å². The largest absolute Gasteiger partial charge is 0.305 e. The topological polar surface area (TPSA) is 53.7 Å². The quantitative estimate of drug-likeness (QED) is 0.300. The van der Waals surface area contributed by atoms with E-state index in [2.05, 4.69) is 13.8 Å². The molecule has 0 bridgehead atoms. The molecule has 0 aliphatic carbocycles. The molecule has 8 heteroatoms. The van der Waals surface area contributed by atoms with Crippen molar-refractivity contribution in [2.24, 2.45) is 10.9 Å². The number of anilines is 1. The van der Waals surface area contributed by atoms with Crippen LogP contribution in [0.5, 0.6) is 0 Å². The van der Waals surface area contributed by atoms with E-state index in [1.807, 2.05) is 71.0 Å². The molecule has 1 atom stereocenters. The zero-order chi connectivity index (χ0) is 27.3. The number of guanidine groups is 1. The fraction of sp³-hybridized carbons (Fsp3) is 0.258. The summed E-state index contributed by atoms with van der Waals surface area (Å²) in [5.74, 6) is 0.502. The molecule has 0 fully saturated rings. The van der Waals surface area contributed by atoms with Gasteiger partial charge in [-0.25, -0.2) is 18.8 Å². The van der Waals surface area contributed by atoms with Crippen molar-refractivity contribution in [1.29, 1.82) is 0 Å². The Bertz CT molecular complexity index is 1580. The Hall–Kier alpha value is -4.33. The smallest absolute Gasteiger partial charge is 0.283 e. The number of aromatic nitrogens is 2. The van der Waals surface area contributed by atoms with Crippen molar-refractivity contribution in [2.75, 3.05) is 18.0 Å². The number of amides is 1. The summed E-state index contributed by atoms with van der Waals surface area (Å²) in [7, 11) is 0. The van der Waals surface area contributed by atoms with E-state index in [1.54, 1.807) is 4.90 Å². The van der Waals surface area contributed by atoms with Gasteiger partial charge in [0.2, 0.25) is 5.96 Å². The molecule has 198 valence electrons. The lowest BCUT2D eigenvalue weighted by Gasteiger charge is -2.33. The summed E-state index contributed by atoms with van der Waals surface area (Å²) < 4.78 is 30.5. The van der Waals surface area contributed by atoms with Crippen LogP contribution in [0.3, 0.4) is 0 Å². The van der Waals surface area contributed by atoms with Gasteiger partial charge in [-0.2, -0.15) is 0 Å². The molecule has 0 N–H and O–H groups in total. The van der Waals surface area contributed by atoms with E-state index in [1.165, 1.54) is 12.1 Å². The van der Waals surface area contributed by atoms with Crippen molar-refractivity contribution < 1.29 is 13.6 Å². The highest BCUT2D eigenvalue weighted by atomic mass is 19.1. The van der Waals surface area contributed by atoms with E-state index < -0.39 is 11.6 Å². The first kappa shape index (κ1) is 25.0. The first-order chi connectivity index (χ1) is 18.9. The Balaban J connectivity index is 1.51. The Morgan fingerprint density at radius 1 is 0.949 bits per heavy atom. The van der Waals surface area contributed by atoms with Gasteiger partial charge < -0.3 is 4.57 Å². The molecule has 0 spiro atoms. The number of rotatable bonds is 6. The van der Waals surface area contributed by atoms with Gasteiger partial charge in [0.05, 0.1) is 19.1 Å². The molecule has 1 amide bonds. The lowest BCUT2D eigenvalue weighted by atomic mass is 10.0. The second-order valence-electron chi connectivity index (χ2n) is 10.3. The Labute approximate surface area is 226 Å². The number of aliphatic imine (C=N–C) groups is 1. The maximum atomic E-state index is 14.9. The van der Waals surface area contributed by atoms with Gasteiger partial charge in [-0.1, -0.05) is 74.5 Å². The van der Waals surface area contributed by atoms with E-state index in [4.69, 9.17) is 9.98 Å². The van der Waals surface area contributed by atoms with Crippen molar-refractivity contribution in [1.82, 2.24) is 14.5 Å². The second kappa shape index (κ2) is 9.76. The maximum Gasteiger partial charge on any atom is 0.283 e. The van der Waals surface area contributed by atoms with Gasteiger partial charge in [-0.3, -0.25) is 14.6 Å². The van der Waals surface area contributed by atoms with E-state index in [0.717, 1.165) is 22.8 Å². The predicted molar refractivity (Wildman–Crippen MR) is 149 cm³/mol. The zero-order valence-electron chi connectivity index (χ0n) is 22.1. The van der Waals surface area contributed by atoms with Crippen LogP contribution in [0.1, 0.15) is 36.8 Å². The van der Waals surface area contributed by atoms with Gasteiger partial charge in [0, 0.05) is 23.7 Å². The first-order valence-corrected chi connectivity index (χ1v) is 13.2. The normalized spacial score (nSPS) is 16.5. The molecule has 3 heterocycles. The van der Waals surface area contributed by atoms with Crippen LogP contribution in [0, 0.1) is 17.6 Å². The van der Waals surface area contributed by atoms with Gasteiger partial charge >= 0.3 is 0 Å². The molecule has 2 aliphatic heterocycles. The minimum absolute atomic E-state index is 0.00677. The Morgan fingerprint density at radius 2 is 1.64 bits per heavy atom. The molecule has 6 nitrogen and oxygen atoms in total. The number of hydrogen-bond acceptors (Lipinski definition) is 4. The summed E-state index contributed by atoms with van der Waals surface area (Å²) in [6.45, 7) is 7.26. The molecule has 0 saturated carbocycles.